The Morgan fingerprint density at radius 3 is 2.11 bits per heavy atom. The van der Waals surface area contributed by atoms with Crippen molar-refractivity contribution in [2.24, 2.45) is 0 Å². The zero-order chi connectivity index (χ0) is 24.6. The van der Waals surface area contributed by atoms with Crippen molar-refractivity contribution in [1.82, 2.24) is 10.6 Å². The van der Waals surface area contributed by atoms with Crippen LogP contribution in [-0.4, -0.2) is 42.3 Å². The van der Waals surface area contributed by atoms with Gasteiger partial charge in [-0.15, -0.1) is 0 Å². The maximum Gasteiger partial charge on any atom is 0.407 e. The standard InChI is InChI=1S/C28H24N2O5/c31-26(32)15-8-16-29-27(33)25(17-19-9-2-1-3-10-19)30-28(34)35-18-24-22-13-6-4-11-20(22)21-12-5-7-14-23(21)24/h1-7,9-14,24-25H,16-18H2,(H,29,33)(H,30,34)(H,31,32)/t25-/m1/s1. The highest BCUT2D eigenvalue weighted by atomic mass is 16.5. The molecule has 1 aliphatic rings. The van der Waals surface area contributed by atoms with Gasteiger partial charge < -0.3 is 20.5 Å². The number of carboxylic acids is 1. The summed E-state index contributed by atoms with van der Waals surface area (Å²) < 4.78 is 5.58. The fraction of sp³-hybridized carbons (Fsp3) is 0.179. The molecule has 4 rings (SSSR count). The topological polar surface area (TPSA) is 105 Å². The molecule has 0 aromatic heterocycles. The molecule has 3 N–H and O–H groups in total. The second-order valence-corrected chi connectivity index (χ2v) is 8.04. The van der Waals surface area contributed by atoms with Crippen molar-refractivity contribution in [3.63, 3.8) is 0 Å². The average molecular weight is 469 g/mol. The van der Waals surface area contributed by atoms with Gasteiger partial charge in [-0.1, -0.05) is 84.8 Å². The van der Waals surface area contributed by atoms with Crippen molar-refractivity contribution in [3.05, 3.63) is 95.6 Å². The van der Waals surface area contributed by atoms with Gasteiger partial charge in [-0.3, -0.25) is 4.79 Å². The molecule has 0 saturated heterocycles. The molecule has 0 fully saturated rings. The molecule has 35 heavy (non-hydrogen) atoms. The van der Waals surface area contributed by atoms with Crippen LogP contribution in [0.25, 0.3) is 11.1 Å². The smallest absolute Gasteiger partial charge is 0.407 e. The van der Waals surface area contributed by atoms with E-state index in [1.165, 1.54) is 0 Å². The largest absolute Gasteiger partial charge is 0.472 e. The minimum atomic E-state index is -1.28. The van der Waals surface area contributed by atoms with Crippen molar-refractivity contribution in [2.45, 2.75) is 18.4 Å². The third kappa shape index (κ3) is 5.87. The first-order valence-corrected chi connectivity index (χ1v) is 11.2. The maximum absolute atomic E-state index is 12.7. The van der Waals surface area contributed by atoms with Crippen LogP contribution < -0.4 is 10.6 Å². The predicted molar refractivity (Wildman–Crippen MR) is 131 cm³/mol. The van der Waals surface area contributed by atoms with E-state index >= 15 is 0 Å². The lowest BCUT2D eigenvalue weighted by Crippen LogP contribution is -2.48. The Morgan fingerprint density at radius 2 is 1.49 bits per heavy atom. The minimum Gasteiger partial charge on any atom is -0.472 e. The molecule has 3 aromatic rings. The van der Waals surface area contributed by atoms with Crippen molar-refractivity contribution in [3.8, 4) is 23.0 Å². The Balaban J connectivity index is 1.43. The molecule has 1 atom stereocenters. The molecule has 2 amide bonds. The van der Waals surface area contributed by atoms with Gasteiger partial charge >= 0.3 is 12.1 Å². The van der Waals surface area contributed by atoms with Gasteiger partial charge in [0.25, 0.3) is 0 Å². The van der Waals surface area contributed by atoms with E-state index in [2.05, 4.69) is 28.7 Å². The first-order valence-electron chi connectivity index (χ1n) is 11.2. The highest BCUT2D eigenvalue weighted by Crippen LogP contribution is 2.44. The number of carboxylic acid groups (broad SMARTS) is 1. The summed E-state index contributed by atoms with van der Waals surface area (Å²) in [6.45, 7) is -0.0214. The molecule has 0 unspecified atom stereocenters. The van der Waals surface area contributed by atoms with E-state index in [0.29, 0.717) is 0 Å². The lowest BCUT2D eigenvalue weighted by Gasteiger charge is -2.19. The second-order valence-electron chi connectivity index (χ2n) is 8.04. The summed E-state index contributed by atoms with van der Waals surface area (Å²) in [5.74, 6) is 2.42. The molecule has 0 bridgehead atoms. The third-order valence-corrected chi connectivity index (χ3v) is 5.78. The van der Waals surface area contributed by atoms with Crippen LogP contribution in [0.3, 0.4) is 0 Å². The van der Waals surface area contributed by atoms with E-state index in [9.17, 15) is 14.4 Å². The molecule has 1 aliphatic carbocycles. The summed E-state index contributed by atoms with van der Waals surface area (Å²) in [5, 5.41) is 13.8. The number of carbonyl (C=O) groups excluding carboxylic acids is 2. The summed E-state index contributed by atoms with van der Waals surface area (Å²) in [6.07, 6.45) is -0.469. The zero-order valence-electron chi connectivity index (χ0n) is 18.9. The Bertz CT molecular complexity index is 1250. The van der Waals surface area contributed by atoms with Gasteiger partial charge in [-0.25, -0.2) is 9.59 Å². The first-order chi connectivity index (χ1) is 17.0. The number of alkyl carbamates (subject to hydrolysis) is 1. The molecule has 3 aromatic carbocycles. The van der Waals surface area contributed by atoms with Gasteiger partial charge in [0.15, 0.2) is 0 Å². The lowest BCUT2D eigenvalue weighted by molar-refractivity contribution is -0.130. The monoisotopic (exact) mass is 468 g/mol. The summed E-state index contributed by atoms with van der Waals surface area (Å²) in [7, 11) is 0. The summed E-state index contributed by atoms with van der Waals surface area (Å²) in [6, 6.07) is 24.4. The van der Waals surface area contributed by atoms with Gasteiger partial charge in [-0.05, 0) is 27.8 Å². The molecule has 0 spiro atoms. The average Bonchev–Trinajstić information content (AvgIpc) is 3.19. The molecule has 0 aliphatic heterocycles. The van der Waals surface area contributed by atoms with Crippen LogP contribution in [0, 0.1) is 11.8 Å². The van der Waals surface area contributed by atoms with E-state index in [-0.39, 0.29) is 25.5 Å². The number of fused-ring (bicyclic) bond motifs is 3. The van der Waals surface area contributed by atoms with Gasteiger partial charge in [0.1, 0.15) is 12.6 Å². The zero-order valence-corrected chi connectivity index (χ0v) is 18.9. The van der Waals surface area contributed by atoms with Crippen LogP contribution in [-0.2, 0) is 20.7 Å². The van der Waals surface area contributed by atoms with Gasteiger partial charge in [0.2, 0.25) is 5.91 Å². The van der Waals surface area contributed by atoms with E-state index < -0.39 is 24.0 Å². The van der Waals surface area contributed by atoms with Gasteiger partial charge in [-0.2, -0.15) is 0 Å². The molecule has 0 radical (unpaired) electrons. The number of amides is 2. The SMILES string of the molecule is O=C(O)C#CCNC(=O)[C@@H](Cc1ccccc1)NC(=O)OCC1c2ccccc2-c2ccccc21. The van der Waals surface area contributed by atoms with Crippen LogP contribution in [0.4, 0.5) is 4.79 Å². The summed E-state index contributed by atoms with van der Waals surface area (Å²) in [5.41, 5.74) is 5.29. The molecule has 7 heteroatoms. The molecule has 7 nitrogen and oxygen atoms in total. The quantitative estimate of drug-likeness (QED) is 0.462. The number of benzene rings is 3. The number of ether oxygens (including phenoxy) is 1. The third-order valence-electron chi connectivity index (χ3n) is 5.78. The number of hydrogen-bond acceptors (Lipinski definition) is 4. The lowest BCUT2D eigenvalue weighted by atomic mass is 9.98. The highest BCUT2D eigenvalue weighted by Gasteiger charge is 2.29. The van der Waals surface area contributed by atoms with Gasteiger partial charge in [0.05, 0.1) is 6.54 Å². The Hall–Kier alpha value is -4.57. The molecule has 0 heterocycles. The number of aliphatic carboxylic acids is 1. The van der Waals surface area contributed by atoms with Crippen LogP contribution in [0.1, 0.15) is 22.6 Å². The van der Waals surface area contributed by atoms with Crippen molar-refractivity contribution in [1.29, 1.82) is 0 Å². The highest BCUT2D eigenvalue weighted by molar-refractivity contribution is 5.88. The number of hydrogen-bond donors (Lipinski definition) is 3. The fourth-order valence-corrected chi connectivity index (χ4v) is 4.22. The maximum atomic E-state index is 12.7. The Kier molecular flexibility index (Phi) is 7.44. The summed E-state index contributed by atoms with van der Waals surface area (Å²) in [4.78, 5) is 36.0. The fourth-order valence-electron chi connectivity index (χ4n) is 4.22. The van der Waals surface area contributed by atoms with Crippen molar-refractivity contribution in [2.75, 3.05) is 13.2 Å². The number of nitrogens with one attached hydrogen (secondary N) is 2. The first kappa shape index (κ1) is 23.6. The molecular weight excluding hydrogens is 444 g/mol. The Morgan fingerprint density at radius 1 is 0.886 bits per heavy atom. The molecule has 0 saturated carbocycles. The Labute approximate surface area is 203 Å². The van der Waals surface area contributed by atoms with Crippen molar-refractivity contribution >= 4 is 18.0 Å². The normalized spacial score (nSPS) is 12.3. The van der Waals surface area contributed by atoms with Gasteiger partial charge in [0, 0.05) is 18.3 Å². The molecule has 176 valence electrons. The number of carbonyl (C=O) groups is 3. The summed E-state index contributed by atoms with van der Waals surface area (Å²) >= 11 is 0. The van der Waals surface area contributed by atoms with Crippen molar-refractivity contribution < 1.29 is 24.2 Å². The van der Waals surface area contributed by atoms with Crippen LogP contribution in [0.15, 0.2) is 78.9 Å². The predicted octanol–water partition coefficient (Wildman–Crippen LogP) is 3.34. The van der Waals surface area contributed by atoms with E-state index in [1.54, 1.807) is 0 Å². The minimum absolute atomic E-state index is 0.0964. The van der Waals surface area contributed by atoms with E-state index in [4.69, 9.17) is 9.84 Å². The van der Waals surface area contributed by atoms with E-state index in [0.717, 1.165) is 27.8 Å². The second kappa shape index (κ2) is 11.0. The van der Waals surface area contributed by atoms with Crippen LogP contribution in [0.2, 0.25) is 0 Å². The van der Waals surface area contributed by atoms with Crippen LogP contribution in [0.5, 0.6) is 0 Å². The van der Waals surface area contributed by atoms with Crippen LogP contribution >= 0.6 is 0 Å². The number of rotatable bonds is 7. The van der Waals surface area contributed by atoms with E-state index in [1.807, 2.05) is 72.7 Å². The molecular formula is C28H24N2O5.